The van der Waals surface area contributed by atoms with Crippen molar-refractivity contribution in [3.05, 3.63) is 58.6 Å². The van der Waals surface area contributed by atoms with Crippen molar-refractivity contribution in [3.63, 3.8) is 0 Å². The molecule has 6 heteroatoms. The van der Waals surface area contributed by atoms with Gasteiger partial charge in [-0.1, -0.05) is 43.6 Å². The van der Waals surface area contributed by atoms with Crippen LogP contribution in [0.2, 0.25) is 5.02 Å². The van der Waals surface area contributed by atoms with Crippen LogP contribution in [-0.4, -0.2) is 24.7 Å². The Kier molecular flexibility index (Phi) is 7.54. The number of rotatable bonds is 7. The number of anilines is 1. The molecule has 0 radical (unpaired) electrons. The first kappa shape index (κ1) is 20.3. The first-order valence-electron chi connectivity index (χ1n) is 8.35. The molecule has 4 nitrogen and oxygen atoms in total. The minimum atomic E-state index is -0.615. The zero-order valence-electron chi connectivity index (χ0n) is 15.0. The second-order valence-corrected chi connectivity index (χ2v) is 7.15. The highest BCUT2D eigenvalue weighted by atomic mass is 35.5. The summed E-state index contributed by atoms with van der Waals surface area (Å²) in [6, 6.07) is 12.8. The van der Waals surface area contributed by atoms with E-state index in [1.807, 2.05) is 36.6 Å². The summed E-state index contributed by atoms with van der Waals surface area (Å²) in [5, 5.41) is 3.12. The summed E-state index contributed by atoms with van der Waals surface area (Å²) in [4.78, 5) is 25.3. The van der Waals surface area contributed by atoms with Gasteiger partial charge >= 0.3 is 5.97 Å². The van der Waals surface area contributed by atoms with Gasteiger partial charge in [-0.15, -0.1) is 11.8 Å². The fraction of sp³-hybridized carbons (Fsp3) is 0.300. The highest BCUT2D eigenvalue weighted by Crippen LogP contribution is 2.26. The molecule has 1 atom stereocenters. The largest absolute Gasteiger partial charge is 0.452 e. The molecule has 0 aliphatic rings. The number of amides is 1. The molecule has 0 aromatic heterocycles. The first-order valence-corrected chi connectivity index (χ1v) is 9.96. The van der Waals surface area contributed by atoms with E-state index in [1.165, 1.54) is 11.8 Å². The van der Waals surface area contributed by atoms with E-state index >= 15 is 0 Å². The summed E-state index contributed by atoms with van der Waals surface area (Å²) in [5.74, 6) is -0.676. The van der Waals surface area contributed by atoms with E-state index in [1.54, 1.807) is 12.1 Å². The van der Waals surface area contributed by atoms with Gasteiger partial charge in [0, 0.05) is 10.6 Å². The molecule has 0 saturated carbocycles. The topological polar surface area (TPSA) is 55.4 Å². The summed E-state index contributed by atoms with van der Waals surface area (Å²) in [5.41, 5.74) is 2.06. The molecule has 0 fully saturated rings. The smallest absolute Gasteiger partial charge is 0.340 e. The average molecular weight is 392 g/mol. The minimum Gasteiger partial charge on any atom is -0.452 e. The van der Waals surface area contributed by atoms with Gasteiger partial charge in [0.2, 0.25) is 0 Å². The number of hydrogen-bond acceptors (Lipinski definition) is 4. The summed E-state index contributed by atoms with van der Waals surface area (Å²) >= 11 is 7.55. The van der Waals surface area contributed by atoms with Crippen LogP contribution in [0, 0.1) is 0 Å². The lowest BCUT2D eigenvalue weighted by Gasteiger charge is -2.15. The Morgan fingerprint density at radius 2 is 1.96 bits per heavy atom. The first-order chi connectivity index (χ1) is 12.5. The number of carbonyl (C=O) groups is 2. The number of ether oxygens (including phenoxy) is 1. The van der Waals surface area contributed by atoms with Gasteiger partial charge in [-0.3, -0.25) is 4.79 Å². The number of thioether (sulfide) groups is 1. The second kappa shape index (κ2) is 9.64. The van der Waals surface area contributed by atoms with Crippen molar-refractivity contribution in [2.75, 3.05) is 18.2 Å². The lowest BCUT2D eigenvalue weighted by molar-refractivity contribution is -0.119. The van der Waals surface area contributed by atoms with Crippen LogP contribution in [-0.2, 0) is 9.53 Å². The SMILES string of the molecule is CC[C@H](C)c1ccccc1NC(=O)COC(=O)c1cc(SC)ccc1Cl. The Bertz CT molecular complexity index is 794. The van der Waals surface area contributed by atoms with E-state index < -0.39 is 5.97 Å². The molecule has 2 rings (SSSR count). The third kappa shape index (κ3) is 5.26. The molecular formula is C20H22ClNO3S. The molecule has 1 amide bonds. The third-order valence-electron chi connectivity index (χ3n) is 4.11. The molecule has 0 unspecified atom stereocenters. The number of esters is 1. The summed E-state index contributed by atoms with van der Waals surface area (Å²) < 4.78 is 5.12. The monoisotopic (exact) mass is 391 g/mol. The maximum Gasteiger partial charge on any atom is 0.340 e. The lowest BCUT2D eigenvalue weighted by Crippen LogP contribution is -2.22. The van der Waals surface area contributed by atoms with Crippen LogP contribution in [0.5, 0.6) is 0 Å². The fourth-order valence-corrected chi connectivity index (χ4v) is 3.08. The lowest BCUT2D eigenvalue weighted by atomic mass is 9.97. The maximum atomic E-state index is 12.2. The van der Waals surface area contributed by atoms with Crippen molar-refractivity contribution in [2.24, 2.45) is 0 Å². The Balaban J connectivity index is 2.00. The Labute approximate surface area is 163 Å². The molecule has 0 spiro atoms. The van der Waals surface area contributed by atoms with E-state index in [9.17, 15) is 9.59 Å². The average Bonchev–Trinajstić information content (AvgIpc) is 2.66. The van der Waals surface area contributed by atoms with Crippen LogP contribution >= 0.6 is 23.4 Å². The van der Waals surface area contributed by atoms with Gasteiger partial charge in [-0.25, -0.2) is 4.79 Å². The number of halogens is 1. The second-order valence-electron chi connectivity index (χ2n) is 5.87. The number of hydrogen-bond donors (Lipinski definition) is 1. The summed E-state index contributed by atoms with van der Waals surface area (Å²) in [6.07, 6.45) is 2.87. The molecular weight excluding hydrogens is 370 g/mol. The van der Waals surface area contributed by atoms with Crippen LogP contribution in [0.15, 0.2) is 47.4 Å². The molecule has 1 N–H and O–H groups in total. The van der Waals surface area contributed by atoms with E-state index in [4.69, 9.17) is 16.3 Å². The number of benzene rings is 2. The van der Waals surface area contributed by atoms with E-state index in [-0.39, 0.29) is 18.1 Å². The van der Waals surface area contributed by atoms with Gasteiger partial charge in [0.15, 0.2) is 6.61 Å². The van der Waals surface area contributed by atoms with Crippen LogP contribution in [0.25, 0.3) is 0 Å². The summed E-state index contributed by atoms with van der Waals surface area (Å²) in [6.45, 7) is 3.83. The molecule has 2 aromatic carbocycles. The van der Waals surface area contributed by atoms with E-state index in [0.29, 0.717) is 10.9 Å². The normalized spacial score (nSPS) is 11.7. The number of carbonyl (C=O) groups excluding carboxylic acids is 2. The molecule has 0 bridgehead atoms. The van der Waals surface area contributed by atoms with E-state index in [2.05, 4.69) is 19.2 Å². The van der Waals surface area contributed by atoms with Crippen LogP contribution < -0.4 is 5.32 Å². The molecule has 0 aliphatic carbocycles. The molecule has 0 heterocycles. The minimum absolute atomic E-state index is 0.256. The van der Waals surface area contributed by atoms with Crippen molar-refractivity contribution in [1.29, 1.82) is 0 Å². The Morgan fingerprint density at radius 1 is 1.23 bits per heavy atom. The summed E-state index contributed by atoms with van der Waals surface area (Å²) in [7, 11) is 0. The van der Waals surface area contributed by atoms with Crippen LogP contribution in [0.1, 0.15) is 42.1 Å². The van der Waals surface area contributed by atoms with Crippen molar-refractivity contribution < 1.29 is 14.3 Å². The molecule has 138 valence electrons. The van der Waals surface area contributed by atoms with Crippen molar-refractivity contribution in [1.82, 2.24) is 0 Å². The van der Waals surface area contributed by atoms with Gasteiger partial charge in [0.1, 0.15) is 0 Å². The number of nitrogens with one attached hydrogen (secondary N) is 1. The molecule has 0 saturated heterocycles. The molecule has 0 aliphatic heterocycles. The quantitative estimate of drug-likeness (QED) is 0.509. The highest BCUT2D eigenvalue weighted by Gasteiger charge is 2.16. The van der Waals surface area contributed by atoms with Crippen LogP contribution in [0.3, 0.4) is 0 Å². The highest BCUT2D eigenvalue weighted by molar-refractivity contribution is 7.98. The Hall–Kier alpha value is -1.98. The van der Waals surface area contributed by atoms with Gasteiger partial charge in [-0.2, -0.15) is 0 Å². The predicted molar refractivity (Wildman–Crippen MR) is 107 cm³/mol. The van der Waals surface area contributed by atoms with Gasteiger partial charge in [0.05, 0.1) is 10.6 Å². The molecule has 2 aromatic rings. The van der Waals surface area contributed by atoms with Gasteiger partial charge < -0.3 is 10.1 Å². The predicted octanol–water partition coefficient (Wildman–Crippen LogP) is 5.37. The van der Waals surface area contributed by atoms with Crippen molar-refractivity contribution >= 4 is 40.9 Å². The van der Waals surface area contributed by atoms with Crippen molar-refractivity contribution in [3.8, 4) is 0 Å². The molecule has 26 heavy (non-hydrogen) atoms. The third-order valence-corrected chi connectivity index (χ3v) is 5.16. The number of para-hydroxylation sites is 1. The zero-order valence-corrected chi connectivity index (χ0v) is 16.6. The van der Waals surface area contributed by atoms with Crippen LogP contribution in [0.4, 0.5) is 5.69 Å². The standard InChI is InChI=1S/C20H22ClNO3S/c1-4-13(2)15-7-5-6-8-18(15)22-19(23)12-25-20(24)16-11-14(26-3)9-10-17(16)21/h5-11,13H,4,12H2,1-3H3,(H,22,23)/t13-/m0/s1. The fourth-order valence-electron chi connectivity index (χ4n) is 2.44. The van der Waals surface area contributed by atoms with Gasteiger partial charge in [0.25, 0.3) is 5.91 Å². The van der Waals surface area contributed by atoms with E-state index in [0.717, 1.165) is 22.6 Å². The van der Waals surface area contributed by atoms with Gasteiger partial charge in [-0.05, 0) is 48.4 Å². The maximum absolute atomic E-state index is 12.2. The Morgan fingerprint density at radius 3 is 2.65 bits per heavy atom. The van der Waals surface area contributed by atoms with Crippen molar-refractivity contribution in [2.45, 2.75) is 31.1 Å². The zero-order chi connectivity index (χ0) is 19.1.